The van der Waals surface area contributed by atoms with E-state index in [1.54, 1.807) is 33.8 Å². The molecule has 6 atom stereocenters. The largest absolute Gasteiger partial charge is 0.467 e. The lowest BCUT2D eigenvalue weighted by Crippen LogP contribution is -2.60. The first-order chi connectivity index (χ1) is 29.5. The summed E-state index contributed by atoms with van der Waals surface area (Å²) in [5, 5.41) is 13.1. The molecular formula is C46H57FN6O9. The van der Waals surface area contributed by atoms with Crippen molar-refractivity contribution in [2.75, 3.05) is 20.3 Å². The summed E-state index contributed by atoms with van der Waals surface area (Å²) in [5.41, 5.74) is 4.32. The Balaban J connectivity index is 1.21. The number of ether oxygens (including phenoxy) is 2. The number of carbonyl (C=O) groups is 7. The van der Waals surface area contributed by atoms with Crippen molar-refractivity contribution < 1.29 is 47.4 Å². The lowest BCUT2D eigenvalue weighted by atomic mass is 9.98. The molecule has 5 rings (SSSR count). The van der Waals surface area contributed by atoms with Crippen molar-refractivity contribution in [2.45, 2.75) is 103 Å². The molecule has 332 valence electrons. The zero-order chi connectivity index (χ0) is 45.2. The first kappa shape index (κ1) is 46.7. The van der Waals surface area contributed by atoms with Gasteiger partial charge in [0, 0.05) is 18.9 Å². The van der Waals surface area contributed by atoms with Gasteiger partial charge in [0.2, 0.25) is 29.5 Å². The molecule has 6 amide bonds. The fourth-order valence-electron chi connectivity index (χ4n) is 7.82. The highest BCUT2D eigenvalue weighted by atomic mass is 19.1. The van der Waals surface area contributed by atoms with Gasteiger partial charge in [0.05, 0.1) is 7.11 Å². The van der Waals surface area contributed by atoms with Gasteiger partial charge in [-0.05, 0) is 72.4 Å². The van der Waals surface area contributed by atoms with Crippen molar-refractivity contribution in [3.05, 3.63) is 95.3 Å². The molecule has 1 saturated heterocycles. The molecule has 1 aliphatic heterocycles. The molecule has 5 N–H and O–H groups in total. The maximum atomic E-state index is 15.0. The van der Waals surface area contributed by atoms with Crippen LogP contribution in [0.5, 0.6) is 0 Å². The van der Waals surface area contributed by atoms with E-state index < -0.39 is 89.6 Å². The van der Waals surface area contributed by atoms with E-state index in [0.717, 1.165) is 22.3 Å². The van der Waals surface area contributed by atoms with Crippen LogP contribution in [0.3, 0.4) is 0 Å². The van der Waals surface area contributed by atoms with Crippen molar-refractivity contribution >= 4 is 41.6 Å². The minimum atomic E-state index is -1.36. The number of esters is 1. The van der Waals surface area contributed by atoms with Crippen molar-refractivity contribution in [3.8, 4) is 11.1 Å². The Bertz CT molecular complexity index is 2100. The number of likely N-dealkylation sites (tertiary alicyclic amines) is 1. The Morgan fingerprint density at radius 2 is 1.26 bits per heavy atom. The van der Waals surface area contributed by atoms with Crippen molar-refractivity contribution in [1.82, 2.24) is 31.5 Å². The number of rotatable bonds is 17. The topological polar surface area (TPSA) is 201 Å². The molecule has 0 bridgehead atoms. The zero-order valence-corrected chi connectivity index (χ0v) is 36.2. The van der Waals surface area contributed by atoms with Gasteiger partial charge in [-0.25, -0.2) is 14.0 Å². The molecule has 15 nitrogen and oxygen atoms in total. The molecule has 0 radical (unpaired) electrons. The first-order valence-electron chi connectivity index (χ1n) is 21.0. The van der Waals surface area contributed by atoms with Crippen molar-refractivity contribution in [3.63, 3.8) is 0 Å². The summed E-state index contributed by atoms with van der Waals surface area (Å²) >= 11 is 0. The van der Waals surface area contributed by atoms with Gasteiger partial charge in [-0.15, -0.1) is 0 Å². The number of fused-ring (bicyclic) bond motifs is 3. The maximum Gasteiger partial charge on any atom is 0.407 e. The monoisotopic (exact) mass is 856 g/mol. The molecule has 3 aromatic carbocycles. The van der Waals surface area contributed by atoms with Crippen LogP contribution in [-0.2, 0) is 44.7 Å². The van der Waals surface area contributed by atoms with E-state index in [0.29, 0.717) is 6.42 Å². The van der Waals surface area contributed by atoms with Crippen LogP contribution in [0.15, 0.2) is 72.8 Å². The second kappa shape index (κ2) is 21.0. The van der Waals surface area contributed by atoms with E-state index in [1.165, 1.54) is 44.1 Å². The van der Waals surface area contributed by atoms with Gasteiger partial charge in [0.1, 0.15) is 48.7 Å². The van der Waals surface area contributed by atoms with Gasteiger partial charge in [0.25, 0.3) is 0 Å². The highest BCUT2D eigenvalue weighted by Crippen LogP contribution is 2.44. The van der Waals surface area contributed by atoms with Gasteiger partial charge in [0.15, 0.2) is 0 Å². The second-order valence-electron chi connectivity index (χ2n) is 16.5. The number of alkyl carbamates (subject to hydrolysis) is 1. The average Bonchev–Trinajstić information content (AvgIpc) is 3.87. The third-order valence-corrected chi connectivity index (χ3v) is 11.3. The molecule has 1 heterocycles. The number of hydrogen-bond acceptors (Lipinski definition) is 9. The molecule has 0 saturated carbocycles. The van der Waals surface area contributed by atoms with E-state index in [-0.39, 0.29) is 43.4 Å². The van der Waals surface area contributed by atoms with Crippen LogP contribution in [0.4, 0.5) is 9.18 Å². The molecule has 62 heavy (non-hydrogen) atoms. The first-order valence-corrected chi connectivity index (χ1v) is 21.0. The summed E-state index contributed by atoms with van der Waals surface area (Å²) in [6.45, 7) is 9.93. The fourth-order valence-corrected chi connectivity index (χ4v) is 7.82. The van der Waals surface area contributed by atoms with Gasteiger partial charge < -0.3 is 41.0 Å². The van der Waals surface area contributed by atoms with Gasteiger partial charge in [-0.3, -0.25) is 24.0 Å². The predicted octanol–water partition coefficient (Wildman–Crippen LogP) is 3.73. The Kier molecular flexibility index (Phi) is 15.8. The zero-order valence-electron chi connectivity index (χ0n) is 36.2. The SMILES string of the molecule is COC(=O)[C@@H](NC(=O)[C@@H](NC(=O)[C@@H]1CCCN1C(=O)[C@H](Cc1ccccc1F)NC(=O)[C@H](C)NC(=O)[C@H](C)NC(=O)OCC1c2ccccc2-c2ccccc21)C(C)C)C(C)C. The second-order valence-corrected chi connectivity index (χ2v) is 16.5. The van der Waals surface area contributed by atoms with Crippen LogP contribution >= 0.6 is 0 Å². The summed E-state index contributed by atoms with van der Waals surface area (Å²) in [5.74, 6) is -5.50. The summed E-state index contributed by atoms with van der Waals surface area (Å²) in [6, 6.07) is 14.8. The molecule has 0 spiro atoms. The van der Waals surface area contributed by atoms with E-state index in [1.807, 2.05) is 48.5 Å². The Morgan fingerprint density at radius 3 is 1.85 bits per heavy atom. The molecule has 1 aliphatic carbocycles. The van der Waals surface area contributed by atoms with Crippen LogP contribution in [0.2, 0.25) is 0 Å². The Hall–Kier alpha value is -6.32. The predicted molar refractivity (Wildman–Crippen MR) is 228 cm³/mol. The van der Waals surface area contributed by atoms with Gasteiger partial charge >= 0.3 is 12.1 Å². The average molecular weight is 857 g/mol. The van der Waals surface area contributed by atoms with Crippen LogP contribution in [0.1, 0.15) is 77.0 Å². The van der Waals surface area contributed by atoms with E-state index in [9.17, 15) is 38.0 Å². The normalized spacial score (nSPS) is 16.8. The number of nitrogens with one attached hydrogen (secondary N) is 5. The van der Waals surface area contributed by atoms with Gasteiger partial charge in [-0.2, -0.15) is 0 Å². The minimum absolute atomic E-state index is 0.0351. The summed E-state index contributed by atoms with van der Waals surface area (Å²) in [7, 11) is 1.21. The van der Waals surface area contributed by atoms with Crippen molar-refractivity contribution in [1.29, 1.82) is 0 Å². The quantitative estimate of drug-likeness (QED) is 0.126. The number of carbonyl (C=O) groups excluding carboxylic acids is 7. The maximum absolute atomic E-state index is 15.0. The highest BCUT2D eigenvalue weighted by Gasteiger charge is 2.41. The highest BCUT2D eigenvalue weighted by molar-refractivity contribution is 5.97. The van der Waals surface area contributed by atoms with Gasteiger partial charge in [-0.1, -0.05) is 94.4 Å². The summed E-state index contributed by atoms with van der Waals surface area (Å²) < 4.78 is 25.4. The molecule has 3 aromatic rings. The standard InChI is InChI=1S/C46H57FN6O9/c1-25(2)38(43(57)52-39(26(3)4)45(59)61-7)51-42(56)37-21-14-22-53(37)44(58)36(23-29-15-8-13-20-35(29)47)50-41(55)27(5)48-40(54)28(6)49-46(60)62-24-34-32-18-11-9-16-30(32)31-17-10-12-19-33(31)34/h8-13,15-20,25-28,34,36-39H,14,21-24H2,1-7H3,(H,48,54)(H,49,60)(H,50,55)(H,51,56)(H,52,57)/t27-,28-,36-,37-,38-,39-/m0/s1. The van der Waals surface area contributed by atoms with Crippen LogP contribution < -0.4 is 26.6 Å². The van der Waals surface area contributed by atoms with Crippen LogP contribution in [-0.4, -0.2) is 103 Å². The number of amides is 6. The van der Waals surface area contributed by atoms with E-state index >= 15 is 0 Å². The summed E-state index contributed by atoms with van der Waals surface area (Å²) in [4.78, 5) is 94.8. The molecule has 16 heteroatoms. The van der Waals surface area contributed by atoms with Crippen molar-refractivity contribution in [2.24, 2.45) is 11.8 Å². The summed E-state index contributed by atoms with van der Waals surface area (Å²) in [6.07, 6.45) is -0.416. The Morgan fingerprint density at radius 1 is 0.694 bits per heavy atom. The lowest BCUT2D eigenvalue weighted by Gasteiger charge is -2.31. The smallest absolute Gasteiger partial charge is 0.407 e. The van der Waals surface area contributed by atoms with E-state index in [2.05, 4.69) is 26.6 Å². The van der Waals surface area contributed by atoms with E-state index in [4.69, 9.17) is 9.47 Å². The number of halogens is 1. The lowest BCUT2D eigenvalue weighted by molar-refractivity contribution is -0.147. The third kappa shape index (κ3) is 11.1. The molecule has 0 aromatic heterocycles. The number of benzene rings is 3. The van der Waals surface area contributed by atoms with Crippen LogP contribution in [0.25, 0.3) is 11.1 Å². The molecular weight excluding hydrogens is 800 g/mol. The van der Waals surface area contributed by atoms with Crippen LogP contribution in [0, 0.1) is 17.7 Å². The third-order valence-electron chi connectivity index (χ3n) is 11.3. The molecule has 2 aliphatic rings. The molecule has 1 fully saturated rings. The number of nitrogens with zero attached hydrogens (tertiary/aromatic N) is 1. The molecule has 0 unspecified atom stereocenters. The number of hydrogen-bond donors (Lipinski definition) is 5. The fraction of sp³-hybridized carbons (Fsp3) is 0.457. The minimum Gasteiger partial charge on any atom is -0.467 e. The number of methoxy groups -OCH3 is 1. The Labute approximate surface area is 361 Å².